The van der Waals surface area contributed by atoms with Crippen molar-refractivity contribution >= 4 is 21.7 Å². The fourth-order valence-corrected chi connectivity index (χ4v) is 5.01. The molecular formula is C28H30N2O2. The van der Waals surface area contributed by atoms with Crippen LogP contribution in [0.2, 0.25) is 0 Å². The van der Waals surface area contributed by atoms with Crippen LogP contribution in [0.15, 0.2) is 54.6 Å². The van der Waals surface area contributed by atoms with Gasteiger partial charge in [0.1, 0.15) is 0 Å². The molecule has 32 heavy (non-hydrogen) atoms. The van der Waals surface area contributed by atoms with E-state index < -0.39 is 0 Å². The quantitative estimate of drug-likeness (QED) is 0.342. The second-order valence-corrected chi connectivity index (χ2v) is 8.42. The maximum atomic E-state index is 5.75. The lowest BCUT2D eigenvalue weighted by Gasteiger charge is -2.31. The first-order chi connectivity index (χ1) is 15.7. The summed E-state index contributed by atoms with van der Waals surface area (Å²) in [5, 5.41) is 3.89. The van der Waals surface area contributed by atoms with E-state index in [1.165, 1.54) is 27.3 Å². The van der Waals surface area contributed by atoms with Gasteiger partial charge in [-0.25, -0.2) is 4.98 Å². The van der Waals surface area contributed by atoms with Gasteiger partial charge in [0.15, 0.2) is 11.5 Å². The zero-order chi connectivity index (χ0) is 22.1. The zero-order valence-corrected chi connectivity index (χ0v) is 19.1. The van der Waals surface area contributed by atoms with Crippen LogP contribution < -0.4 is 9.47 Å². The van der Waals surface area contributed by atoms with E-state index in [0.717, 1.165) is 60.7 Å². The highest BCUT2D eigenvalue weighted by Gasteiger charge is 2.24. The molecule has 2 heterocycles. The van der Waals surface area contributed by atoms with Gasteiger partial charge in [-0.1, -0.05) is 37.3 Å². The Kier molecular flexibility index (Phi) is 5.71. The standard InChI is InChI=1S/C28H30N2O2/c1-4-15-30-16-14-22-23(18-30)28(20-11-13-25(32-5-2)26(17-20)31-3)29-24-12-10-19-8-6-7-9-21(19)27(22)24/h6-13,17H,4-5,14-16,18H2,1-3H3. The molecule has 0 saturated heterocycles. The van der Waals surface area contributed by atoms with Crippen molar-refractivity contribution in [1.82, 2.24) is 9.88 Å². The van der Waals surface area contributed by atoms with Crippen molar-refractivity contribution in [2.45, 2.75) is 33.2 Å². The highest BCUT2D eigenvalue weighted by atomic mass is 16.5. The Morgan fingerprint density at radius 1 is 0.969 bits per heavy atom. The van der Waals surface area contributed by atoms with Crippen molar-refractivity contribution in [3.63, 3.8) is 0 Å². The van der Waals surface area contributed by atoms with E-state index in [9.17, 15) is 0 Å². The van der Waals surface area contributed by atoms with Crippen molar-refractivity contribution in [2.24, 2.45) is 0 Å². The van der Waals surface area contributed by atoms with E-state index in [4.69, 9.17) is 14.5 Å². The predicted molar refractivity (Wildman–Crippen MR) is 132 cm³/mol. The van der Waals surface area contributed by atoms with E-state index in [1.807, 2.05) is 13.0 Å². The normalized spacial score (nSPS) is 14.0. The molecule has 3 aromatic carbocycles. The lowest BCUT2D eigenvalue weighted by molar-refractivity contribution is 0.255. The van der Waals surface area contributed by atoms with Gasteiger partial charge in [-0.3, -0.25) is 4.90 Å². The minimum atomic E-state index is 0.610. The van der Waals surface area contributed by atoms with Gasteiger partial charge in [-0.15, -0.1) is 0 Å². The fourth-order valence-electron chi connectivity index (χ4n) is 5.01. The largest absolute Gasteiger partial charge is 0.493 e. The van der Waals surface area contributed by atoms with Crippen LogP contribution in [0, 0.1) is 0 Å². The van der Waals surface area contributed by atoms with Crippen LogP contribution in [0.25, 0.3) is 32.9 Å². The van der Waals surface area contributed by atoms with E-state index in [2.05, 4.69) is 60.4 Å². The van der Waals surface area contributed by atoms with E-state index in [1.54, 1.807) is 7.11 Å². The maximum absolute atomic E-state index is 5.75. The lowest BCUT2D eigenvalue weighted by atomic mass is 9.89. The average molecular weight is 427 g/mol. The molecule has 0 saturated carbocycles. The summed E-state index contributed by atoms with van der Waals surface area (Å²) in [5.74, 6) is 1.52. The van der Waals surface area contributed by atoms with Gasteiger partial charge in [0.05, 0.1) is 24.9 Å². The molecule has 1 aliphatic heterocycles. The maximum Gasteiger partial charge on any atom is 0.161 e. The number of rotatable bonds is 6. The molecule has 0 spiro atoms. The SMILES string of the molecule is CCCN1CCc2c(c(-c3ccc(OCC)c(OC)c3)nc3ccc4ccccc4c23)C1. The van der Waals surface area contributed by atoms with Crippen molar-refractivity contribution in [3.8, 4) is 22.8 Å². The smallest absolute Gasteiger partial charge is 0.161 e. The number of benzene rings is 3. The molecule has 0 unspecified atom stereocenters. The predicted octanol–water partition coefficient (Wildman–Crippen LogP) is 6.23. The van der Waals surface area contributed by atoms with Crippen LogP contribution in [0.4, 0.5) is 0 Å². The van der Waals surface area contributed by atoms with Crippen molar-refractivity contribution in [2.75, 3.05) is 26.8 Å². The molecule has 0 aliphatic carbocycles. The molecule has 4 nitrogen and oxygen atoms in total. The number of methoxy groups -OCH3 is 1. The molecule has 4 aromatic rings. The van der Waals surface area contributed by atoms with Crippen LogP contribution in [-0.4, -0.2) is 36.7 Å². The Balaban J connectivity index is 1.76. The fraction of sp³-hybridized carbons (Fsp3) is 0.321. The third-order valence-corrected chi connectivity index (χ3v) is 6.43. The van der Waals surface area contributed by atoms with Gasteiger partial charge >= 0.3 is 0 Å². The van der Waals surface area contributed by atoms with Gasteiger partial charge in [-0.05, 0) is 72.5 Å². The molecule has 5 rings (SSSR count). The Morgan fingerprint density at radius 2 is 1.84 bits per heavy atom. The summed E-state index contributed by atoms with van der Waals surface area (Å²) >= 11 is 0. The second-order valence-electron chi connectivity index (χ2n) is 8.42. The van der Waals surface area contributed by atoms with E-state index in [-0.39, 0.29) is 0 Å². The third kappa shape index (κ3) is 3.59. The molecule has 1 aromatic heterocycles. The Hall–Kier alpha value is -3.11. The highest BCUT2D eigenvalue weighted by molar-refractivity contribution is 6.09. The summed E-state index contributed by atoms with van der Waals surface area (Å²) in [7, 11) is 1.69. The number of aromatic nitrogens is 1. The van der Waals surface area contributed by atoms with Crippen molar-refractivity contribution in [1.29, 1.82) is 0 Å². The number of hydrogen-bond acceptors (Lipinski definition) is 4. The van der Waals surface area contributed by atoms with Crippen LogP contribution in [0.5, 0.6) is 11.5 Å². The van der Waals surface area contributed by atoms with E-state index in [0.29, 0.717) is 6.61 Å². The lowest BCUT2D eigenvalue weighted by Crippen LogP contribution is -2.32. The topological polar surface area (TPSA) is 34.6 Å². The van der Waals surface area contributed by atoms with Crippen LogP contribution in [-0.2, 0) is 13.0 Å². The van der Waals surface area contributed by atoms with Gasteiger partial charge < -0.3 is 9.47 Å². The zero-order valence-electron chi connectivity index (χ0n) is 19.1. The molecule has 0 radical (unpaired) electrons. The minimum absolute atomic E-state index is 0.610. The van der Waals surface area contributed by atoms with Gasteiger partial charge in [0, 0.05) is 24.0 Å². The Morgan fingerprint density at radius 3 is 2.66 bits per heavy atom. The molecule has 0 N–H and O–H groups in total. The second kappa shape index (κ2) is 8.79. The monoisotopic (exact) mass is 426 g/mol. The Labute approximate surface area is 189 Å². The first-order valence-corrected chi connectivity index (χ1v) is 11.6. The highest BCUT2D eigenvalue weighted by Crippen LogP contribution is 2.39. The van der Waals surface area contributed by atoms with Gasteiger partial charge in [-0.2, -0.15) is 0 Å². The first kappa shape index (κ1) is 20.8. The summed E-state index contributed by atoms with van der Waals surface area (Å²) in [4.78, 5) is 7.78. The average Bonchev–Trinajstić information content (AvgIpc) is 2.84. The molecule has 4 heteroatoms. The van der Waals surface area contributed by atoms with Gasteiger partial charge in [0.25, 0.3) is 0 Å². The summed E-state index contributed by atoms with van der Waals surface area (Å²) in [6, 6.07) is 19.2. The minimum Gasteiger partial charge on any atom is -0.493 e. The number of pyridine rings is 1. The molecule has 164 valence electrons. The summed E-state index contributed by atoms with van der Waals surface area (Å²) in [6.07, 6.45) is 2.20. The van der Waals surface area contributed by atoms with Crippen molar-refractivity contribution in [3.05, 3.63) is 65.7 Å². The number of fused-ring (bicyclic) bond motifs is 5. The summed E-state index contributed by atoms with van der Waals surface area (Å²) in [6.45, 7) is 7.98. The third-order valence-electron chi connectivity index (χ3n) is 6.43. The molecular weight excluding hydrogens is 396 g/mol. The molecule has 0 atom stereocenters. The van der Waals surface area contributed by atoms with Crippen LogP contribution in [0.1, 0.15) is 31.4 Å². The Bertz CT molecular complexity index is 1280. The number of ether oxygens (including phenoxy) is 2. The molecule has 1 aliphatic rings. The molecule has 0 amide bonds. The molecule has 0 fully saturated rings. The summed E-state index contributed by atoms with van der Waals surface area (Å²) in [5.41, 5.74) is 6.00. The van der Waals surface area contributed by atoms with Crippen molar-refractivity contribution < 1.29 is 9.47 Å². The van der Waals surface area contributed by atoms with Gasteiger partial charge in [0.2, 0.25) is 0 Å². The number of nitrogens with zero attached hydrogens (tertiary/aromatic N) is 2. The first-order valence-electron chi connectivity index (χ1n) is 11.6. The van der Waals surface area contributed by atoms with E-state index >= 15 is 0 Å². The van der Waals surface area contributed by atoms with Crippen LogP contribution in [0.3, 0.4) is 0 Å². The molecule has 0 bridgehead atoms. The summed E-state index contributed by atoms with van der Waals surface area (Å²) < 4.78 is 11.4. The van der Waals surface area contributed by atoms with Crippen LogP contribution >= 0.6 is 0 Å². The number of hydrogen-bond donors (Lipinski definition) is 0.